The Balaban J connectivity index is 2.90. The summed E-state index contributed by atoms with van der Waals surface area (Å²) in [6.45, 7) is 1.63. The van der Waals surface area contributed by atoms with Crippen LogP contribution in [0.5, 0.6) is 0 Å². The zero-order valence-corrected chi connectivity index (χ0v) is 7.70. The second kappa shape index (κ2) is 4.19. The molecule has 0 aromatic heterocycles. The van der Waals surface area contributed by atoms with E-state index in [-0.39, 0.29) is 6.42 Å². The third-order valence-electron chi connectivity index (χ3n) is 1.96. The van der Waals surface area contributed by atoms with E-state index in [1.165, 1.54) is 18.2 Å². The van der Waals surface area contributed by atoms with Crippen molar-refractivity contribution in [3.63, 3.8) is 0 Å². The standard InChI is InChI=1S/C10H11FO3/c1-6-4-7(11)2-3-8(6)9(12)5-10(13)14/h2-4,9,12H,5H2,1H3,(H,13,14). The van der Waals surface area contributed by atoms with Gasteiger partial charge in [0.15, 0.2) is 0 Å². The lowest BCUT2D eigenvalue weighted by Gasteiger charge is -2.11. The third-order valence-corrected chi connectivity index (χ3v) is 1.96. The first-order chi connectivity index (χ1) is 6.50. The molecular weight excluding hydrogens is 187 g/mol. The smallest absolute Gasteiger partial charge is 0.306 e. The van der Waals surface area contributed by atoms with Crippen molar-refractivity contribution in [1.82, 2.24) is 0 Å². The molecule has 0 amide bonds. The predicted molar refractivity (Wildman–Crippen MR) is 48.3 cm³/mol. The van der Waals surface area contributed by atoms with Crippen molar-refractivity contribution in [1.29, 1.82) is 0 Å². The van der Waals surface area contributed by atoms with Gasteiger partial charge in [-0.25, -0.2) is 4.39 Å². The van der Waals surface area contributed by atoms with E-state index < -0.39 is 17.9 Å². The molecule has 3 nitrogen and oxygen atoms in total. The van der Waals surface area contributed by atoms with Crippen molar-refractivity contribution in [2.75, 3.05) is 0 Å². The number of carboxylic acid groups (broad SMARTS) is 1. The Morgan fingerprint density at radius 1 is 1.57 bits per heavy atom. The molecule has 0 bridgehead atoms. The van der Waals surface area contributed by atoms with Crippen molar-refractivity contribution in [3.8, 4) is 0 Å². The van der Waals surface area contributed by atoms with Gasteiger partial charge < -0.3 is 10.2 Å². The third kappa shape index (κ3) is 2.53. The maximum atomic E-state index is 12.7. The van der Waals surface area contributed by atoms with E-state index in [0.717, 1.165) is 0 Å². The molecular formula is C10H11FO3. The summed E-state index contributed by atoms with van der Waals surface area (Å²) in [4.78, 5) is 10.3. The van der Waals surface area contributed by atoms with Gasteiger partial charge in [-0.3, -0.25) is 4.79 Å². The molecule has 0 aliphatic carbocycles. The van der Waals surface area contributed by atoms with Crippen LogP contribution in [0.4, 0.5) is 4.39 Å². The van der Waals surface area contributed by atoms with E-state index in [0.29, 0.717) is 11.1 Å². The predicted octanol–water partition coefficient (Wildman–Crippen LogP) is 1.64. The Labute approximate surface area is 80.8 Å². The summed E-state index contributed by atoms with van der Waals surface area (Å²) in [5.74, 6) is -1.48. The van der Waals surface area contributed by atoms with E-state index >= 15 is 0 Å². The number of carbonyl (C=O) groups is 1. The fraction of sp³-hybridized carbons (Fsp3) is 0.300. The number of aliphatic hydroxyl groups is 1. The van der Waals surface area contributed by atoms with Crippen molar-refractivity contribution < 1.29 is 19.4 Å². The Hall–Kier alpha value is -1.42. The number of rotatable bonds is 3. The summed E-state index contributed by atoms with van der Waals surface area (Å²) in [7, 11) is 0. The molecule has 0 saturated heterocycles. The molecule has 1 unspecified atom stereocenters. The summed E-state index contributed by atoms with van der Waals surface area (Å²) >= 11 is 0. The molecule has 76 valence electrons. The Bertz CT molecular complexity index is 349. The molecule has 0 saturated carbocycles. The molecule has 1 aromatic rings. The van der Waals surface area contributed by atoms with Crippen LogP contribution in [0, 0.1) is 12.7 Å². The number of benzene rings is 1. The summed E-state index contributed by atoms with van der Waals surface area (Å²) in [6, 6.07) is 3.87. The average Bonchev–Trinajstić information content (AvgIpc) is 2.01. The number of aliphatic hydroxyl groups excluding tert-OH is 1. The second-order valence-corrected chi connectivity index (χ2v) is 3.11. The minimum atomic E-state index is -1.08. The van der Waals surface area contributed by atoms with Crippen molar-refractivity contribution in [2.24, 2.45) is 0 Å². The maximum Gasteiger partial charge on any atom is 0.306 e. The molecule has 1 rings (SSSR count). The van der Waals surface area contributed by atoms with Crippen LogP contribution in [0.2, 0.25) is 0 Å². The lowest BCUT2D eigenvalue weighted by Crippen LogP contribution is -2.06. The summed E-state index contributed by atoms with van der Waals surface area (Å²) in [6.07, 6.45) is -1.44. The minimum Gasteiger partial charge on any atom is -0.481 e. The fourth-order valence-electron chi connectivity index (χ4n) is 1.29. The quantitative estimate of drug-likeness (QED) is 0.776. The molecule has 14 heavy (non-hydrogen) atoms. The molecule has 0 aliphatic rings. The zero-order chi connectivity index (χ0) is 10.7. The minimum absolute atomic E-state index is 0.369. The number of hydrogen-bond donors (Lipinski definition) is 2. The van der Waals surface area contributed by atoms with Gasteiger partial charge in [0.25, 0.3) is 0 Å². The molecule has 0 radical (unpaired) electrons. The number of halogens is 1. The maximum absolute atomic E-state index is 12.7. The molecule has 1 aromatic carbocycles. The molecule has 4 heteroatoms. The van der Waals surface area contributed by atoms with Gasteiger partial charge in [-0.2, -0.15) is 0 Å². The summed E-state index contributed by atoms with van der Waals surface area (Å²) in [5.41, 5.74) is 1.01. The van der Waals surface area contributed by atoms with Crippen LogP contribution in [-0.2, 0) is 4.79 Å². The molecule has 0 aliphatic heterocycles. The molecule has 2 N–H and O–H groups in total. The molecule has 1 atom stereocenters. The first-order valence-corrected chi connectivity index (χ1v) is 4.16. The zero-order valence-electron chi connectivity index (χ0n) is 7.70. The fourth-order valence-corrected chi connectivity index (χ4v) is 1.29. The van der Waals surface area contributed by atoms with Crippen LogP contribution in [-0.4, -0.2) is 16.2 Å². The average molecular weight is 198 g/mol. The number of hydrogen-bond acceptors (Lipinski definition) is 2. The lowest BCUT2D eigenvalue weighted by atomic mass is 10.0. The van der Waals surface area contributed by atoms with Gasteiger partial charge >= 0.3 is 5.97 Å². The Morgan fingerprint density at radius 2 is 2.21 bits per heavy atom. The monoisotopic (exact) mass is 198 g/mol. The van der Waals surface area contributed by atoms with Gasteiger partial charge in [-0.05, 0) is 30.2 Å². The lowest BCUT2D eigenvalue weighted by molar-refractivity contribution is -0.139. The Morgan fingerprint density at radius 3 is 2.71 bits per heavy atom. The van der Waals surface area contributed by atoms with Gasteiger partial charge in [-0.1, -0.05) is 6.07 Å². The van der Waals surface area contributed by atoms with Crippen LogP contribution in [0.15, 0.2) is 18.2 Å². The van der Waals surface area contributed by atoms with Gasteiger partial charge in [-0.15, -0.1) is 0 Å². The van der Waals surface area contributed by atoms with E-state index in [1.54, 1.807) is 6.92 Å². The van der Waals surface area contributed by atoms with E-state index in [4.69, 9.17) is 5.11 Å². The SMILES string of the molecule is Cc1cc(F)ccc1C(O)CC(=O)O. The van der Waals surface area contributed by atoms with Crippen molar-refractivity contribution >= 4 is 5.97 Å². The van der Waals surface area contributed by atoms with Gasteiger partial charge in [0.2, 0.25) is 0 Å². The molecule has 0 spiro atoms. The van der Waals surface area contributed by atoms with Crippen LogP contribution in [0.1, 0.15) is 23.7 Å². The largest absolute Gasteiger partial charge is 0.481 e. The summed E-state index contributed by atoms with van der Waals surface area (Å²) < 4.78 is 12.7. The number of aliphatic carboxylic acids is 1. The van der Waals surface area contributed by atoms with Crippen LogP contribution in [0.25, 0.3) is 0 Å². The van der Waals surface area contributed by atoms with Crippen LogP contribution >= 0.6 is 0 Å². The van der Waals surface area contributed by atoms with E-state index in [2.05, 4.69) is 0 Å². The van der Waals surface area contributed by atoms with Crippen LogP contribution in [0.3, 0.4) is 0 Å². The normalized spacial score (nSPS) is 12.5. The van der Waals surface area contributed by atoms with Gasteiger partial charge in [0, 0.05) is 0 Å². The highest BCUT2D eigenvalue weighted by atomic mass is 19.1. The Kier molecular flexibility index (Phi) is 3.19. The van der Waals surface area contributed by atoms with Gasteiger partial charge in [0.05, 0.1) is 12.5 Å². The van der Waals surface area contributed by atoms with E-state index in [1.807, 2.05) is 0 Å². The van der Waals surface area contributed by atoms with Crippen molar-refractivity contribution in [2.45, 2.75) is 19.4 Å². The summed E-state index contributed by atoms with van der Waals surface area (Å²) in [5, 5.41) is 17.9. The number of carboxylic acids is 1. The highest BCUT2D eigenvalue weighted by molar-refractivity contribution is 5.67. The topological polar surface area (TPSA) is 57.5 Å². The second-order valence-electron chi connectivity index (χ2n) is 3.11. The highest BCUT2D eigenvalue weighted by Crippen LogP contribution is 2.21. The molecule has 0 heterocycles. The first-order valence-electron chi connectivity index (χ1n) is 4.16. The van der Waals surface area contributed by atoms with Gasteiger partial charge in [0.1, 0.15) is 5.82 Å². The number of aryl methyl sites for hydroxylation is 1. The van der Waals surface area contributed by atoms with Crippen molar-refractivity contribution in [3.05, 3.63) is 35.1 Å². The first kappa shape index (κ1) is 10.7. The van der Waals surface area contributed by atoms with E-state index in [9.17, 15) is 14.3 Å². The highest BCUT2D eigenvalue weighted by Gasteiger charge is 2.14. The molecule has 0 fully saturated rings. The van der Waals surface area contributed by atoms with Crippen LogP contribution < -0.4 is 0 Å².